The monoisotopic (exact) mass is 231 g/mol. The van der Waals surface area contributed by atoms with Crippen molar-refractivity contribution >= 4 is 14.5 Å². The highest BCUT2D eigenvalue weighted by Gasteiger charge is 2.10. The Bertz CT molecular complexity index is 311. The highest BCUT2D eigenvalue weighted by Crippen LogP contribution is 2.13. The van der Waals surface area contributed by atoms with E-state index in [1.807, 2.05) is 0 Å². The van der Waals surface area contributed by atoms with E-state index in [1.54, 1.807) is 0 Å². The summed E-state index contributed by atoms with van der Waals surface area (Å²) in [4.78, 5) is 2.35. The van der Waals surface area contributed by atoms with Crippen molar-refractivity contribution in [2.75, 3.05) is 18.1 Å². The van der Waals surface area contributed by atoms with Crippen LogP contribution in [0.3, 0.4) is 0 Å². The number of hydrogen-bond acceptors (Lipinski definition) is 1. The molecule has 0 aliphatic heterocycles. The predicted molar refractivity (Wildman–Crippen MR) is 76.9 cm³/mol. The Hall–Kier alpha value is -1.28. The number of rotatable bonds is 7. The maximum absolute atomic E-state index is 3.84. The summed E-state index contributed by atoms with van der Waals surface area (Å²) in [7, 11) is 1.40. The summed E-state index contributed by atoms with van der Waals surface area (Å²) in [6.45, 7) is 7.69. The zero-order valence-corrected chi connectivity index (χ0v) is 11.3. The molecule has 0 atom stereocenters. The molecule has 0 amide bonds. The molecule has 16 heavy (non-hydrogen) atoms. The van der Waals surface area contributed by atoms with Gasteiger partial charge in [0, 0.05) is 18.9 Å². The zero-order chi connectivity index (χ0) is 11.8. The topological polar surface area (TPSA) is 3.24 Å². The van der Waals surface area contributed by atoms with Crippen molar-refractivity contribution in [3.8, 4) is 0 Å². The van der Waals surface area contributed by atoms with Gasteiger partial charge in [-0.25, -0.2) is 0 Å². The second-order valence-electron chi connectivity index (χ2n) is 4.13. The van der Waals surface area contributed by atoms with Gasteiger partial charge >= 0.3 is 0 Å². The number of allylic oxidation sites excluding steroid dienone is 2. The fourth-order valence-electron chi connectivity index (χ4n) is 1.89. The summed E-state index contributed by atoms with van der Waals surface area (Å²) < 4.78 is 0. The van der Waals surface area contributed by atoms with Gasteiger partial charge < -0.3 is 4.90 Å². The average molecular weight is 231 g/mol. The third-order valence-electron chi connectivity index (χ3n) is 2.73. The fourth-order valence-corrected chi connectivity index (χ4v) is 4.31. The molecule has 0 bridgehead atoms. The Labute approximate surface area is 101 Å². The van der Waals surface area contributed by atoms with E-state index in [4.69, 9.17) is 0 Å². The van der Waals surface area contributed by atoms with Crippen molar-refractivity contribution in [2.24, 2.45) is 0 Å². The number of nitrogens with zero attached hydrogens (tertiary/aromatic N) is 1. The smallest absolute Gasteiger partial charge is 0.0670 e. The minimum Gasteiger partial charge on any atom is -0.378 e. The van der Waals surface area contributed by atoms with Gasteiger partial charge in [0.1, 0.15) is 0 Å². The van der Waals surface area contributed by atoms with Gasteiger partial charge in [0.2, 0.25) is 0 Å². The molecular formula is C14H21NSi. The molecule has 2 heteroatoms. The molecule has 1 nitrogen and oxygen atoms in total. The van der Waals surface area contributed by atoms with Gasteiger partial charge in [-0.2, -0.15) is 0 Å². The third-order valence-corrected chi connectivity index (χ3v) is 5.79. The standard InChI is InChI=1S/C14H21NSi/c1-4-11-16(12-5-2)13-15(3)14-9-7-6-8-10-14/h4-10,16H,1-2,11-13H2,3H3. The van der Waals surface area contributed by atoms with Gasteiger partial charge in [0.25, 0.3) is 0 Å². The van der Waals surface area contributed by atoms with Crippen molar-refractivity contribution < 1.29 is 0 Å². The van der Waals surface area contributed by atoms with Crippen LogP contribution in [0, 0.1) is 0 Å². The van der Waals surface area contributed by atoms with Crippen molar-refractivity contribution in [1.82, 2.24) is 0 Å². The van der Waals surface area contributed by atoms with Gasteiger partial charge in [-0.1, -0.05) is 30.4 Å². The first-order chi connectivity index (χ1) is 7.77. The predicted octanol–water partition coefficient (Wildman–Crippen LogP) is 3.26. The van der Waals surface area contributed by atoms with Crippen molar-refractivity contribution in [1.29, 1.82) is 0 Å². The number of anilines is 1. The summed E-state index contributed by atoms with van der Waals surface area (Å²) in [5, 5.41) is 0. The maximum atomic E-state index is 3.84. The first-order valence-electron chi connectivity index (χ1n) is 5.76. The second kappa shape index (κ2) is 7.07. The average Bonchev–Trinajstić information content (AvgIpc) is 2.31. The minimum atomic E-state index is -0.772. The fraction of sp³-hybridized carbons (Fsp3) is 0.286. The highest BCUT2D eigenvalue weighted by molar-refractivity contribution is 6.60. The lowest BCUT2D eigenvalue weighted by molar-refractivity contribution is 1.06. The molecular weight excluding hydrogens is 210 g/mol. The quantitative estimate of drug-likeness (QED) is 0.514. The Kier molecular flexibility index (Phi) is 5.65. The Morgan fingerprint density at radius 1 is 1.12 bits per heavy atom. The summed E-state index contributed by atoms with van der Waals surface area (Å²) >= 11 is 0. The van der Waals surface area contributed by atoms with Crippen molar-refractivity contribution in [3.05, 3.63) is 55.6 Å². The largest absolute Gasteiger partial charge is 0.378 e. The van der Waals surface area contributed by atoms with E-state index in [1.165, 1.54) is 23.9 Å². The van der Waals surface area contributed by atoms with Crippen LogP contribution in [0.4, 0.5) is 5.69 Å². The van der Waals surface area contributed by atoms with E-state index < -0.39 is 8.80 Å². The number of benzene rings is 1. The molecule has 0 aliphatic rings. The first kappa shape index (κ1) is 12.8. The van der Waals surface area contributed by atoms with Crippen molar-refractivity contribution in [2.45, 2.75) is 12.1 Å². The molecule has 0 spiro atoms. The Balaban J connectivity index is 2.57. The van der Waals surface area contributed by atoms with E-state index in [2.05, 4.69) is 67.6 Å². The molecule has 86 valence electrons. The van der Waals surface area contributed by atoms with Gasteiger partial charge in [-0.3, -0.25) is 0 Å². The Morgan fingerprint density at radius 2 is 1.69 bits per heavy atom. The van der Waals surface area contributed by atoms with E-state index >= 15 is 0 Å². The van der Waals surface area contributed by atoms with Crippen LogP contribution in [0.2, 0.25) is 12.1 Å². The molecule has 0 heterocycles. The minimum absolute atomic E-state index is 0.772. The lowest BCUT2D eigenvalue weighted by Crippen LogP contribution is -2.31. The van der Waals surface area contributed by atoms with Gasteiger partial charge in [-0.05, 0) is 24.2 Å². The summed E-state index contributed by atoms with van der Waals surface area (Å²) in [6, 6.07) is 12.9. The molecule has 1 aromatic rings. The molecule has 1 rings (SSSR count). The molecule has 1 aromatic carbocycles. The number of hydrogen-bond donors (Lipinski definition) is 0. The molecule has 0 aromatic heterocycles. The lowest BCUT2D eigenvalue weighted by atomic mass is 10.3. The molecule has 0 unspecified atom stereocenters. The molecule has 0 radical (unpaired) electrons. The van der Waals surface area contributed by atoms with E-state index in [-0.39, 0.29) is 0 Å². The van der Waals surface area contributed by atoms with Crippen LogP contribution >= 0.6 is 0 Å². The van der Waals surface area contributed by atoms with Gasteiger partial charge in [-0.15, -0.1) is 13.2 Å². The lowest BCUT2D eigenvalue weighted by Gasteiger charge is -2.23. The van der Waals surface area contributed by atoms with E-state index in [0.717, 1.165) is 0 Å². The maximum Gasteiger partial charge on any atom is 0.0670 e. The van der Waals surface area contributed by atoms with Crippen LogP contribution in [-0.2, 0) is 0 Å². The van der Waals surface area contributed by atoms with Crippen LogP contribution in [0.25, 0.3) is 0 Å². The molecule has 0 fully saturated rings. The van der Waals surface area contributed by atoms with Gasteiger partial charge in [0.15, 0.2) is 0 Å². The second-order valence-corrected chi connectivity index (χ2v) is 7.17. The Morgan fingerprint density at radius 3 is 2.19 bits per heavy atom. The van der Waals surface area contributed by atoms with E-state index in [0.29, 0.717) is 0 Å². The van der Waals surface area contributed by atoms with Crippen LogP contribution in [-0.4, -0.2) is 22.0 Å². The zero-order valence-electron chi connectivity index (χ0n) is 10.1. The van der Waals surface area contributed by atoms with Gasteiger partial charge in [0.05, 0.1) is 8.80 Å². The molecule has 0 N–H and O–H groups in total. The van der Waals surface area contributed by atoms with Crippen LogP contribution in [0.1, 0.15) is 0 Å². The molecule has 0 saturated heterocycles. The summed E-state index contributed by atoms with van der Waals surface area (Å²) in [5.74, 6) is 0. The normalized spacial score (nSPS) is 10.1. The third kappa shape index (κ3) is 4.07. The highest BCUT2D eigenvalue weighted by atomic mass is 28.3. The SMILES string of the molecule is C=CC[SiH](CC=C)CN(C)c1ccccc1. The van der Waals surface area contributed by atoms with E-state index in [9.17, 15) is 0 Å². The first-order valence-corrected chi connectivity index (χ1v) is 8.20. The molecule has 0 aliphatic carbocycles. The number of para-hydroxylation sites is 1. The van der Waals surface area contributed by atoms with Crippen molar-refractivity contribution in [3.63, 3.8) is 0 Å². The van der Waals surface area contributed by atoms with Crippen LogP contribution in [0.15, 0.2) is 55.6 Å². The summed E-state index contributed by atoms with van der Waals surface area (Å²) in [5.41, 5.74) is 1.30. The molecule has 0 saturated carbocycles. The van der Waals surface area contributed by atoms with Crippen LogP contribution in [0.5, 0.6) is 0 Å². The summed E-state index contributed by atoms with van der Waals surface area (Å²) in [6.07, 6.45) is 5.29. The van der Waals surface area contributed by atoms with Crippen LogP contribution < -0.4 is 4.90 Å².